The Hall–Kier alpha value is -2.14. The van der Waals surface area contributed by atoms with Crippen LogP contribution in [0.3, 0.4) is 0 Å². The number of hydrogen-bond donors (Lipinski definition) is 1. The van der Waals surface area contributed by atoms with Gasteiger partial charge in [-0.1, -0.05) is 37.4 Å². The molecule has 3 rings (SSSR count). The van der Waals surface area contributed by atoms with Crippen molar-refractivity contribution in [3.63, 3.8) is 0 Å². The highest BCUT2D eigenvalue weighted by atomic mass is 16.5. The molecule has 1 atom stereocenters. The molecule has 1 aliphatic rings. The predicted octanol–water partition coefficient (Wildman–Crippen LogP) is 5.11. The van der Waals surface area contributed by atoms with E-state index in [4.69, 9.17) is 9.15 Å². The Balaban J connectivity index is 1.80. The van der Waals surface area contributed by atoms with Gasteiger partial charge in [0.15, 0.2) is 5.60 Å². The van der Waals surface area contributed by atoms with Crippen molar-refractivity contribution >= 4 is 0 Å². The van der Waals surface area contributed by atoms with Gasteiger partial charge in [0.25, 0.3) is 0 Å². The summed E-state index contributed by atoms with van der Waals surface area (Å²) in [6.07, 6.45) is 2.48. The zero-order valence-electron chi connectivity index (χ0n) is 17.9. The van der Waals surface area contributed by atoms with Gasteiger partial charge in [-0.25, -0.2) is 0 Å². The van der Waals surface area contributed by atoms with E-state index in [0.29, 0.717) is 23.5 Å². The smallest absolute Gasteiger partial charge is 0.163 e. The van der Waals surface area contributed by atoms with E-state index < -0.39 is 5.60 Å². The molecule has 1 aromatic heterocycles. The third kappa shape index (κ3) is 4.89. The van der Waals surface area contributed by atoms with Gasteiger partial charge in [-0.05, 0) is 68.0 Å². The Labute approximate surface area is 174 Å². The monoisotopic (exact) mass is 395 g/mol. The molecule has 4 heteroatoms. The normalized spacial score (nSPS) is 17.1. The summed E-state index contributed by atoms with van der Waals surface area (Å²) in [5.41, 5.74) is 2.44. The summed E-state index contributed by atoms with van der Waals surface area (Å²) >= 11 is 0. The lowest BCUT2D eigenvalue weighted by Gasteiger charge is -2.27. The average molecular weight is 396 g/mol. The van der Waals surface area contributed by atoms with Gasteiger partial charge >= 0.3 is 0 Å². The molecule has 0 radical (unpaired) electrons. The van der Waals surface area contributed by atoms with E-state index in [2.05, 4.69) is 49.2 Å². The van der Waals surface area contributed by atoms with Gasteiger partial charge in [0.05, 0.1) is 12.6 Å². The predicted molar refractivity (Wildman–Crippen MR) is 116 cm³/mol. The zero-order valence-corrected chi connectivity index (χ0v) is 17.9. The molecule has 0 aliphatic carbocycles. The standard InChI is InChI=1S/C25H33NO3/c1-18(2)25(27,19(3)4)24-13-12-23(29-24)17-26(16-22-11-8-14-28-22)15-21-10-7-6-9-20(21)5/h6-7,9-10,12-13,22,27H,1,3,8,11,14-17H2,2,4-5H3. The first-order valence-electron chi connectivity index (χ1n) is 10.3. The van der Waals surface area contributed by atoms with Gasteiger partial charge in [-0.2, -0.15) is 0 Å². The number of aryl methyl sites for hydroxylation is 1. The topological polar surface area (TPSA) is 45.8 Å². The SMILES string of the molecule is C=C(C)C(O)(C(=C)C)c1ccc(CN(Cc2ccccc2C)CC2CCCO2)o1. The Morgan fingerprint density at radius 3 is 2.48 bits per heavy atom. The quantitative estimate of drug-likeness (QED) is 0.600. The lowest BCUT2D eigenvalue weighted by atomic mass is 9.87. The van der Waals surface area contributed by atoms with E-state index in [1.807, 2.05) is 12.1 Å². The van der Waals surface area contributed by atoms with Crippen LogP contribution >= 0.6 is 0 Å². The molecule has 4 nitrogen and oxygen atoms in total. The van der Waals surface area contributed by atoms with Gasteiger partial charge in [0.2, 0.25) is 0 Å². The Morgan fingerprint density at radius 1 is 1.14 bits per heavy atom. The average Bonchev–Trinajstić information content (AvgIpc) is 3.35. The minimum absolute atomic E-state index is 0.260. The first-order chi connectivity index (χ1) is 13.8. The highest BCUT2D eigenvalue weighted by Crippen LogP contribution is 2.36. The summed E-state index contributed by atoms with van der Waals surface area (Å²) in [6, 6.07) is 12.2. The molecule has 1 aromatic carbocycles. The van der Waals surface area contributed by atoms with E-state index in [1.165, 1.54) is 11.1 Å². The number of hydrogen-bond acceptors (Lipinski definition) is 4. The van der Waals surface area contributed by atoms with E-state index in [-0.39, 0.29) is 6.10 Å². The van der Waals surface area contributed by atoms with Crippen LogP contribution in [-0.2, 0) is 23.4 Å². The number of nitrogens with zero attached hydrogens (tertiary/aromatic N) is 1. The van der Waals surface area contributed by atoms with E-state index in [0.717, 1.165) is 38.3 Å². The van der Waals surface area contributed by atoms with Gasteiger partial charge in [-0.3, -0.25) is 4.90 Å². The fraction of sp³-hybridized carbons (Fsp3) is 0.440. The van der Waals surface area contributed by atoms with Crippen LogP contribution in [0, 0.1) is 6.92 Å². The van der Waals surface area contributed by atoms with Crippen LogP contribution in [0.25, 0.3) is 0 Å². The molecule has 2 aromatic rings. The Kier molecular flexibility index (Phi) is 6.78. The maximum absolute atomic E-state index is 11.1. The van der Waals surface area contributed by atoms with Crippen molar-refractivity contribution in [2.24, 2.45) is 0 Å². The molecule has 156 valence electrons. The summed E-state index contributed by atoms with van der Waals surface area (Å²) < 4.78 is 12.0. The van der Waals surface area contributed by atoms with Crippen LogP contribution in [0.4, 0.5) is 0 Å². The second-order valence-corrected chi connectivity index (χ2v) is 8.27. The number of rotatable bonds is 9. The number of aliphatic hydroxyl groups is 1. The summed E-state index contributed by atoms with van der Waals surface area (Å²) in [5.74, 6) is 1.29. The van der Waals surface area contributed by atoms with Gasteiger partial charge in [0.1, 0.15) is 11.5 Å². The van der Waals surface area contributed by atoms with Crippen LogP contribution in [0.1, 0.15) is 49.3 Å². The fourth-order valence-corrected chi connectivity index (χ4v) is 3.95. The van der Waals surface area contributed by atoms with Gasteiger partial charge in [-0.15, -0.1) is 0 Å². The summed E-state index contributed by atoms with van der Waals surface area (Å²) in [7, 11) is 0. The largest absolute Gasteiger partial charge is 0.461 e. The fourth-order valence-electron chi connectivity index (χ4n) is 3.95. The van der Waals surface area contributed by atoms with E-state index >= 15 is 0 Å². The summed E-state index contributed by atoms with van der Waals surface area (Å²) in [5, 5.41) is 11.1. The van der Waals surface area contributed by atoms with Crippen molar-refractivity contribution in [2.75, 3.05) is 13.2 Å². The molecule has 0 bridgehead atoms. The van der Waals surface area contributed by atoms with Crippen molar-refractivity contribution in [3.05, 3.63) is 83.3 Å². The minimum Gasteiger partial charge on any atom is -0.461 e. The van der Waals surface area contributed by atoms with Crippen LogP contribution in [0.5, 0.6) is 0 Å². The maximum atomic E-state index is 11.1. The minimum atomic E-state index is -1.34. The van der Waals surface area contributed by atoms with Crippen molar-refractivity contribution in [3.8, 4) is 0 Å². The van der Waals surface area contributed by atoms with Crippen molar-refractivity contribution in [1.29, 1.82) is 0 Å². The van der Waals surface area contributed by atoms with Crippen molar-refractivity contribution in [2.45, 2.75) is 58.4 Å². The molecule has 29 heavy (non-hydrogen) atoms. The third-order valence-corrected chi connectivity index (χ3v) is 5.77. The molecule has 0 amide bonds. The number of ether oxygens (including phenoxy) is 1. The molecular formula is C25H33NO3. The molecule has 1 N–H and O–H groups in total. The lowest BCUT2D eigenvalue weighted by Crippen LogP contribution is -2.31. The van der Waals surface area contributed by atoms with Crippen LogP contribution in [-0.4, -0.2) is 29.3 Å². The summed E-state index contributed by atoms with van der Waals surface area (Å²) in [4.78, 5) is 2.36. The Morgan fingerprint density at radius 2 is 1.86 bits per heavy atom. The molecule has 0 saturated carbocycles. The maximum Gasteiger partial charge on any atom is 0.163 e. The third-order valence-electron chi connectivity index (χ3n) is 5.77. The number of benzene rings is 1. The molecule has 1 unspecified atom stereocenters. The highest BCUT2D eigenvalue weighted by molar-refractivity contribution is 5.35. The first kappa shape index (κ1) is 21.6. The molecule has 1 saturated heterocycles. The number of furan rings is 1. The first-order valence-corrected chi connectivity index (χ1v) is 10.3. The summed E-state index contributed by atoms with van der Waals surface area (Å²) in [6.45, 7) is 16.8. The molecule has 1 fully saturated rings. The zero-order chi connectivity index (χ0) is 21.0. The lowest BCUT2D eigenvalue weighted by molar-refractivity contribution is 0.0623. The van der Waals surface area contributed by atoms with E-state index in [9.17, 15) is 5.11 Å². The molecule has 0 spiro atoms. The van der Waals surface area contributed by atoms with Crippen molar-refractivity contribution in [1.82, 2.24) is 4.90 Å². The van der Waals surface area contributed by atoms with E-state index in [1.54, 1.807) is 13.8 Å². The molecule has 2 heterocycles. The second-order valence-electron chi connectivity index (χ2n) is 8.27. The van der Waals surface area contributed by atoms with Crippen molar-refractivity contribution < 1.29 is 14.3 Å². The molecule has 1 aliphatic heterocycles. The van der Waals surface area contributed by atoms with Crippen LogP contribution in [0.2, 0.25) is 0 Å². The highest BCUT2D eigenvalue weighted by Gasteiger charge is 2.35. The Bertz CT molecular complexity index is 846. The second kappa shape index (κ2) is 9.12. The van der Waals surface area contributed by atoms with Crippen LogP contribution < -0.4 is 0 Å². The van der Waals surface area contributed by atoms with Gasteiger partial charge < -0.3 is 14.3 Å². The molecular weight excluding hydrogens is 362 g/mol. The van der Waals surface area contributed by atoms with Gasteiger partial charge in [0, 0.05) is 19.7 Å². The van der Waals surface area contributed by atoms with Crippen LogP contribution in [0.15, 0.2) is 65.1 Å².